The third-order valence-electron chi connectivity index (χ3n) is 1.62. The van der Waals surface area contributed by atoms with Crippen molar-refractivity contribution in [2.45, 2.75) is 0 Å². The summed E-state index contributed by atoms with van der Waals surface area (Å²) in [7, 11) is 0. The zero-order valence-corrected chi connectivity index (χ0v) is 11.1. The molecule has 15 heavy (non-hydrogen) atoms. The zero-order valence-electron chi connectivity index (χ0n) is 7.59. The van der Waals surface area contributed by atoms with E-state index in [1.165, 1.54) is 24.3 Å². The van der Waals surface area contributed by atoms with E-state index in [2.05, 4.69) is 21.2 Å². The van der Waals surface area contributed by atoms with Gasteiger partial charge in [-0.15, -0.1) is 0 Å². The van der Waals surface area contributed by atoms with Gasteiger partial charge in [0.25, 0.3) is 0 Å². The van der Waals surface area contributed by atoms with Crippen molar-refractivity contribution >= 4 is 46.5 Å². The van der Waals surface area contributed by atoms with Gasteiger partial charge in [0.1, 0.15) is 0 Å². The first kappa shape index (κ1) is 12.7. The molecule has 7 heteroatoms. The molecule has 0 fully saturated rings. The van der Waals surface area contributed by atoms with Gasteiger partial charge in [-0.2, -0.15) is 0 Å². The number of anilines is 1. The van der Waals surface area contributed by atoms with Crippen molar-refractivity contribution in [2.75, 3.05) is 10.6 Å². The second kappa shape index (κ2) is 5.09. The minimum absolute atomic E-state index is 0.102. The molecule has 0 atom stereocenters. The van der Waals surface area contributed by atoms with E-state index in [1.54, 1.807) is 0 Å². The van der Waals surface area contributed by atoms with E-state index in [9.17, 15) is 4.79 Å². The van der Waals surface area contributed by atoms with Crippen LogP contribution in [0.15, 0.2) is 24.3 Å². The fourth-order valence-electron chi connectivity index (χ4n) is 0.939. The van der Waals surface area contributed by atoms with Gasteiger partial charge in [0.2, 0.25) is 0 Å². The summed E-state index contributed by atoms with van der Waals surface area (Å²) < 4.78 is 27.1. The molecular formula is C8H10AsBrNO4. The van der Waals surface area contributed by atoms with Gasteiger partial charge < -0.3 is 0 Å². The maximum absolute atomic E-state index is 11.0. The molecule has 5 nitrogen and oxygen atoms in total. The van der Waals surface area contributed by atoms with Gasteiger partial charge in [-0.25, -0.2) is 0 Å². The van der Waals surface area contributed by atoms with Crippen molar-refractivity contribution in [3.05, 3.63) is 24.3 Å². The molecule has 0 aliphatic carbocycles. The van der Waals surface area contributed by atoms with Gasteiger partial charge in [0, 0.05) is 0 Å². The van der Waals surface area contributed by atoms with Crippen LogP contribution in [0.2, 0.25) is 0 Å². The number of benzene rings is 1. The first-order valence-corrected chi connectivity index (χ1v) is 8.55. The van der Waals surface area contributed by atoms with Crippen LogP contribution in [0.5, 0.6) is 0 Å². The molecule has 0 unspecified atom stereocenters. The normalized spacial score (nSPS) is 11.2. The van der Waals surface area contributed by atoms with Gasteiger partial charge in [-0.1, -0.05) is 0 Å². The van der Waals surface area contributed by atoms with Gasteiger partial charge >= 0.3 is 98.4 Å². The zero-order chi connectivity index (χ0) is 11.5. The maximum atomic E-state index is 11.0. The molecule has 1 aromatic rings. The number of hydrogen-bond donors (Lipinski definition) is 4. The van der Waals surface area contributed by atoms with Crippen LogP contribution in [-0.2, 0) is 4.79 Å². The first-order valence-electron chi connectivity index (χ1n) is 3.97. The van der Waals surface area contributed by atoms with Crippen molar-refractivity contribution < 1.29 is 17.1 Å². The fraction of sp³-hybridized carbons (Fsp3) is 0.125. The summed E-state index contributed by atoms with van der Waals surface area (Å²) in [6.07, 6.45) is 0. The number of hydrogen-bond acceptors (Lipinski definition) is 4. The van der Waals surface area contributed by atoms with Crippen molar-refractivity contribution in [3.63, 3.8) is 0 Å². The second-order valence-corrected chi connectivity index (χ2v) is 6.83. The number of rotatable bonds is 3. The molecule has 1 rings (SSSR count). The van der Waals surface area contributed by atoms with Gasteiger partial charge in [-0.05, 0) is 0 Å². The SMILES string of the molecule is O=C(CBr)Nc1ccc([As](O)(O)O)cc1. The van der Waals surface area contributed by atoms with Crippen LogP contribution < -0.4 is 9.67 Å². The molecule has 0 aromatic heterocycles. The standard InChI is InChI=1S/C8H10AsBrNO4/c10-5-8(12)11-7-3-1-6(2-4-7)9(13,14)15/h1-4,13-15H,5H2,(H,11,12). The monoisotopic (exact) mass is 338 g/mol. The summed E-state index contributed by atoms with van der Waals surface area (Å²) in [6, 6.07) is 5.73. The van der Waals surface area contributed by atoms with E-state index in [0.717, 1.165) is 0 Å². The van der Waals surface area contributed by atoms with Crippen molar-refractivity contribution in [3.8, 4) is 0 Å². The molecule has 1 aromatic carbocycles. The summed E-state index contributed by atoms with van der Waals surface area (Å²) in [5, 5.41) is 2.75. The van der Waals surface area contributed by atoms with Gasteiger partial charge in [-0.3, -0.25) is 0 Å². The molecule has 4 N–H and O–H groups in total. The summed E-state index contributed by atoms with van der Waals surface area (Å²) in [6.45, 7) is 0. The Balaban J connectivity index is 2.77. The van der Waals surface area contributed by atoms with Crippen LogP contribution in [-0.4, -0.2) is 38.1 Å². The predicted octanol–water partition coefficient (Wildman–Crippen LogP) is -0.857. The summed E-state index contributed by atoms with van der Waals surface area (Å²) in [5.41, 5.74) is 0.534. The Kier molecular flexibility index (Phi) is 4.30. The van der Waals surface area contributed by atoms with E-state index < -0.39 is 14.6 Å². The van der Waals surface area contributed by atoms with Crippen LogP contribution >= 0.6 is 15.9 Å². The Bertz CT molecular complexity index is 349. The van der Waals surface area contributed by atoms with E-state index in [1.807, 2.05) is 0 Å². The average molecular weight is 339 g/mol. The number of carbonyl (C=O) groups is 1. The fourth-order valence-corrected chi connectivity index (χ4v) is 2.23. The predicted molar refractivity (Wildman–Crippen MR) is 60.9 cm³/mol. The summed E-state index contributed by atoms with van der Waals surface area (Å²) in [5.74, 6) is -0.203. The number of carbonyl (C=O) groups excluding carboxylic acids is 1. The van der Waals surface area contributed by atoms with Crippen molar-refractivity contribution in [2.24, 2.45) is 0 Å². The third kappa shape index (κ3) is 3.93. The molecule has 0 aliphatic rings. The summed E-state index contributed by atoms with van der Waals surface area (Å²) in [4.78, 5) is 11.0. The Hall–Kier alpha value is -0.392. The van der Waals surface area contributed by atoms with Crippen molar-refractivity contribution in [1.82, 2.24) is 0 Å². The topological polar surface area (TPSA) is 89.8 Å². The Morgan fingerprint density at radius 3 is 2.20 bits per heavy atom. The van der Waals surface area contributed by atoms with E-state index >= 15 is 0 Å². The van der Waals surface area contributed by atoms with Crippen LogP contribution in [0.3, 0.4) is 0 Å². The third-order valence-corrected chi connectivity index (χ3v) is 4.21. The molecule has 1 radical (unpaired) electrons. The van der Waals surface area contributed by atoms with Crippen LogP contribution in [0.25, 0.3) is 0 Å². The van der Waals surface area contributed by atoms with Gasteiger partial charge in [0.05, 0.1) is 0 Å². The molecule has 0 bridgehead atoms. The Labute approximate surface area is 98.4 Å². The van der Waals surface area contributed by atoms with Crippen LogP contribution in [0.4, 0.5) is 5.69 Å². The second-order valence-electron chi connectivity index (χ2n) is 2.80. The molecule has 0 spiro atoms. The quantitative estimate of drug-likeness (QED) is 0.426. The number of nitrogens with one attached hydrogen (secondary N) is 1. The van der Waals surface area contributed by atoms with Crippen LogP contribution in [0.1, 0.15) is 0 Å². The Morgan fingerprint density at radius 2 is 1.80 bits per heavy atom. The first-order chi connectivity index (χ1) is 6.93. The molecule has 1 amide bonds. The van der Waals surface area contributed by atoms with E-state index in [-0.39, 0.29) is 15.6 Å². The average Bonchev–Trinajstić information content (AvgIpc) is 2.17. The van der Waals surface area contributed by atoms with E-state index in [4.69, 9.17) is 12.3 Å². The van der Waals surface area contributed by atoms with Gasteiger partial charge in [0.15, 0.2) is 0 Å². The minimum atomic E-state index is -4.55. The van der Waals surface area contributed by atoms with E-state index in [0.29, 0.717) is 5.69 Å². The number of halogens is 1. The van der Waals surface area contributed by atoms with Crippen LogP contribution in [0, 0.1) is 0 Å². The summed E-state index contributed by atoms with van der Waals surface area (Å²) >= 11 is -1.56. The molecule has 0 aliphatic heterocycles. The molecule has 0 saturated carbocycles. The molecule has 0 heterocycles. The van der Waals surface area contributed by atoms with Crippen molar-refractivity contribution in [1.29, 1.82) is 0 Å². The number of alkyl halides is 1. The molecule has 0 saturated heterocycles. The Morgan fingerprint density at radius 1 is 1.27 bits per heavy atom. The number of amides is 1. The molecular weight excluding hydrogens is 329 g/mol. The molecule has 83 valence electrons.